The van der Waals surface area contributed by atoms with Crippen molar-refractivity contribution in [3.05, 3.63) is 34.9 Å². The first-order valence-corrected chi connectivity index (χ1v) is 11.7. The standard InChI is InChI=1S/C24H38ClNO3/c1-3-4-5-6-7-8-9-10-11-12-13-16-19-29-24(28)20(2)26-23(27)21-17-14-15-18-22(21)25/h14-15,17-18,20H,3-13,16,19H2,1-2H3,(H,26,27)/t20-/m0/s1. The van der Waals surface area contributed by atoms with Crippen molar-refractivity contribution in [2.24, 2.45) is 0 Å². The first-order chi connectivity index (χ1) is 14.1. The molecular weight excluding hydrogens is 386 g/mol. The summed E-state index contributed by atoms with van der Waals surface area (Å²) in [6.45, 7) is 4.28. The highest BCUT2D eigenvalue weighted by Crippen LogP contribution is 2.15. The summed E-state index contributed by atoms with van der Waals surface area (Å²) in [6, 6.07) is 6.06. The number of hydrogen-bond donors (Lipinski definition) is 1. The van der Waals surface area contributed by atoms with E-state index in [1.165, 1.54) is 64.2 Å². The van der Waals surface area contributed by atoms with Crippen LogP contribution in [0.15, 0.2) is 24.3 Å². The Morgan fingerprint density at radius 3 is 1.97 bits per heavy atom. The lowest BCUT2D eigenvalue weighted by molar-refractivity contribution is -0.145. The van der Waals surface area contributed by atoms with Crippen molar-refractivity contribution in [1.29, 1.82) is 0 Å². The maximum absolute atomic E-state index is 12.2. The summed E-state index contributed by atoms with van der Waals surface area (Å²) in [6.07, 6.45) is 15.2. The van der Waals surface area contributed by atoms with Crippen LogP contribution in [0.1, 0.15) is 101 Å². The maximum Gasteiger partial charge on any atom is 0.328 e. The number of carbonyl (C=O) groups excluding carboxylic acids is 2. The summed E-state index contributed by atoms with van der Waals surface area (Å²) >= 11 is 6.00. The first kappa shape index (κ1) is 25.5. The minimum atomic E-state index is -0.698. The molecule has 0 unspecified atom stereocenters. The Labute approximate surface area is 181 Å². The van der Waals surface area contributed by atoms with Gasteiger partial charge in [-0.2, -0.15) is 0 Å². The molecule has 0 saturated carbocycles. The largest absolute Gasteiger partial charge is 0.464 e. The van der Waals surface area contributed by atoms with Gasteiger partial charge < -0.3 is 10.1 Å². The van der Waals surface area contributed by atoms with E-state index in [1.54, 1.807) is 31.2 Å². The minimum absolute atomic E-state index is 0.356. The van der Waals surface area contributed by atoms with Gasteiger partial charge in [0.05, 0.1) is 17.2 Å². The number of amides is 1. The number of hydrogen-bond acceptors (Lipinski definition) is 3. The topological polar surface area (TPSA) is 55.4 Å². The number of halogens is 1. The van der Waals surface area contributed by atoms with E-state index < -0.39 is 12.0 Å². The molecular formula is C24H38ClNO3. The molecule has 0 aromatic heterocycles. The molecule has 1 rings (SSSR count). The van der Waals surface area contributed by atoms with Crippen LogP contribution in [0.5, 0.6) is 0 Å². The monoisotopic (exact) mass is 423 g/mol. The normalized spacial score (nSPS) is 11.8. The Balaban J connectivity index is 2.01. The van der Waals surface area contributed by atoms with Gasteiger partial charge in [-0.25, -0.2) is 4.79 Å². The molecule has 0 bridgehead atoms. The molecule has 0 spiro atoms. The summed E-state index contributed by atoms with van der Waals surface area (Å²) in [5.74, 6) is -0.779. The van der Waals surface area contributed by atoms with Crippen LogP contribution in [0.2, 0.25) is 5.02 Å². The van der Waals surface area contributed by atoms with Gasteiger partial charge in [-0.3, -0.25) is 4.79 Å². The minimum Gasteiger partial charge on any atom is -0.464 e. The lowest BCUT2D eigenvalue weighted by Crippen LogP contribution is -2.39. The fourth-order valence-electron chi connectivity index (χ4n) is 3.22. The van der Waals surface area contributed by atoms with Gasteiger partial charge in [0.15, 0.2) is 0 Å². The van der Waals surface area contributed by atoms with Crippen LogP contribution in [-0.4, -0.2) is 24.5 Å². The molecule has 1 aromatic carbocycles. The Hall–Kier alpha value is -1.55. The summed E-state index contributed by atoms with van der Waals surface area (Å²) in [7, 11) is 0. The summed E-state index contributed by atoms with van der Waals surface area (Å²) in [5, 5.41) is 3.00. The smallest absolute Gasteiger partial charge is 0.328 e. The predicted molar refractivity (Wildman–Crippen MR) is 120 cm³/mol. The fourth-order valence-corrected chi connectivity index (χ4v) is 3.44. The van der Waals surface area contributed by atoms with Crippen molar-refractivity contribution in [2.75, 3.05) is 6.61 Å². The van der Waals surface area contributed by atoms with Crippen molar-refractivity contribution in [2.45, 2.75) is 96.9 Å². The van der Waals surface area contributed by atoms with Gasteiger partial charge in [0.25, 0.3) is 5.91 Å². The van der Waals surface area contributed by atoms with E-state index in [0.29, 0.717) is 17.2 Å². The number of benzene rings is 1. The molecule has 0 aliphatic heterocycles. The second-order valence-corrected chi connectivity index (χ2v) is 8.14. The van der Waals surface area contributed by atoms with Crippen LogP contribution in [0.4, 0.5) is 0 Å². The molecule has 0 saturated heterocycles. The molecule has 1 aromatic rings. The van der Waals surface area contributed by atoms with Crippen LogP contribution < -0.4 is 5.32 Å². The summed E-state index contributed by atoms with van der Waals surface area (Å²) in [4.78, 5) is 24.2. The molecule has 1 N–H and O–H groups in total. The molecule has 1 amide bonds. The van der Waals surface area contributed by atoms with E-state index in [1.807, 2.05) is 0 Å². The lowest BCUT2D eigenvalue weighted by atomic mass is 10.1. The Morgan fingerprint density at radius 1 is 0.897 bits per heavy atom. The second-order valence-electron chi connectivity index (χ2n) is 7.73. The van der Waals surface area contributed by atoms with E-state index in [0.717, 1.165) is 12.8 Å². The zero-order chi connectivity index (χ0) is 21.3. The van der Waals surface area contributed by atoms with E-state index in [4.69, 9.17) is 16.3 Å². The van der Waals surface area contributed by atoms with Crippen LogP contribution >= 0.6 is 11.6 Å². The fraction of sp³-hybridized carbons (Fsp3) is 0.667. The van der Waals surface area contributed by atoms with E-state index in [9.17, 15) is 9.59 Å². The van der Waals surface area contributed by atoms with Gasteiger partial charge >= 0.3 is 5.97 Å². The van der Waals surface area contributed by atoms with Gasteiger partial charge in [-0.05, 0) is 25.5 Å². The van der Waals surface area contributed by atoms with Crippen molar-refractivity contribution >= 4 is 23.5 Å². The molecule has 0 fully saturated rings. The van der Waals surface area contributed by atoms with Crippen LogP contribution in [-0.2, 0) is 9.53 Å². The molecule has 0 heterocycles. The number of esters is 1. The second kappa shape index (κ2) is 16.3. The Bertz CT molecular complexity index is 591. The zero-order valence-corrected chi connectivity index (χ0v) is 18.9. The van der Waals surface area contributed by atoms with Crippen molar-refractivity contribution in [1.82, 2.24) is 5.32 Å². The number of nitrogens with one attached hydrogen (secondary N) is 1. The highest BCUT2D eigenvalue weighted by molar-refractivity contribution is 6.33. The lowest BCUT2D eigenvalue weighted by Gasteiger charge is -2.14. The highest BCUT2D eigenvalue weighted by Gasteiger charge is 2.19. The molecule has 29 heavy (non-hydrogen) atoms. The Morgan fingerprint density at radius 2 is 1.41 bits per heavy atom. The van der Waals surface area contributed by atoms with Crippen LogP contribution in [0.25, 0.3) is 0 Å². The number of unbranched alkanes of at least 4 members (excludes halogenated alkanes) is 11. The highest BCUT2D eigenvalue weighted by atomic mass is 35.5. The van der Waals surface area contributed by atoms with E-state index in [2.05, 4.69) is 12.2 Å². The molecule has 164 valence electrons. The van der Waals surface area contributed by atoms with Crippen molar-refractivity contribution < 1.29 is 14.3 Å². The summed E-state index contributed by atoms with van der Waals surface area (Å²) < 4.78 is 5.28. The van der Waals surface area contributed by atoms with Crippen LogP contribution in [0, 0.1) is 0 Å². The van der Waals surface area contributed by atoms with E-state index in [-0.39, 0.29) is 5.91 Å². The molecule has 0 radical (unpaired) electrons. The van der Waals surface area contributed by atoms with Gasteiger partial charge in [-0.15, -0.1) is 0 Å². The average Bonchev–Trinajstić information content (AvgIpc) is 2.71. The number of carbonyl (C=O) groups is 2. The third-order valence-corrected chi connectivity index (χ3v) is 5.39. The van der Waals surface area contributed by atoms with Crippen LogP contribution in [0.3, 0.4) is 0 Å². The zero-order valence-electron chi connectivity index (χ0n) is 18.2. The maximum atomic E-state index is 12.2. The van der Waals surface area contributed by atoms with Crippen molar-refractivity contribution in [3.8, 4) is 0 Å². The molecule has 0 aliphatic rings. The number of ether oxygens (including phenoxy) is 1. The van der Waals surface area contributed by atoms with Gasteiger partial charge in [0.1, 0.15) is 6.04 Å². The van der Waals surface area contributed by atoms with E-state index >= 15 is 0 Å². The Kier molecular flexibility index (Phi) is 14.3. The third kappa shape index (κ3) is 11.9. The molecule has 4 nitrogen and oxygen atoms in total. The molecule has 0 aliphatic carbocycles. The van der Waals surface area contributed by atoms with Crippen molar-refractivity contribution in [3.63, 3.8) is 0 Å². The average molecular weight is 424 g/mol. The van der Waals surface area contributed by atoms with Gasteiger partial charge in [0, 0.05) is 0 Å². The van der Waals surface area contributed by atoms with Gasteiger partial charge in [0.2, 0.25) is 0 Å². The quantitative estimate of drug-likeness (QED) is 0.237. The molecule has 1 atom stereocenters. The first-order valence-electron chi connectivity index (χ1n) is 11.3. The predicted octanol–water partition coefficient (Wildman–Crippen LogP) is 6.70. The SMILES string of the molecule is CCCCCCCCCCCCCCOC(=O)[C@H](C)NC(=O)c1ccccc1Cl. The number of rotatable bonds is 16. The molecule has 5 heteroatoms. The summed E-state index contributed by atoms with van der Waals surface area (Å²) in [5.41, 5.74) is 0.356. The van der Waals surface area contributed by atoms with Gasteiger partial charge in [-0.1, -0.05) is 101 Å². The third-order valence-electron chi connectivity index (χ3n) is 5.06.